The summed E-state index contributed by atoms with van der Waals surface area (Å²) >= 11 is 3.45. The first kappa shape index (κ1) is 16.2. The molecule has 114 valence electrons. The molecule has 0 spiro atoms. The van der Waals surface area contributed by atoms with Gasteiger partial charge in [-0.3, -0.25) is 0 Å². The Morgan fingerprint density at radius 2 is 1.86 bits per heavy atom. The van der Waals surface area contributed by atoms with Crippen LogP contribution in [0, 0.1) is 0 Å². The van der Waals surface area contributed by atoms with Crippen LogP contribution in [0.4, 0.5) is 0 Å². The second-order valence-corrected chi connectivity index (χ2v) is 6.05. The van der Waals surface area contributed by atoms with Crippen LogP contribution in [-0.2, 0) is 6.42 Å². The number of aryl methyl sites for hydroxylation is 1. The summed E-state index contributed by atoms with van der Waals surface area (Å²) in [4.78, 5) is 0. The lowest BCUT2D eigenvalue weighted by atomic mass is 10.0. The van der Waals surface area contributed by atoms with Crippen molar-refractivity contribution in [2.45, 2.75) is 39.0 Å². The van der Waals surface area contributed by atoms with Gasteiger partial charge in [0.2, 0.25) is 0 Å². The van der Waals surface area contributed by atoms with Gasteiger partial charge in [0.15, 0.2) is 0 Å². The quantitative estimate of drug-likeness (QED) is 0.507. The smallest absolute Gasteiger partial charge is 0.123 e. The normalized spacial score (nSPS) is 11.0. The Bertz CT molecular complexity index is 581. The average molecular weight is 351 g/mol. The number of halogens is 1. The van der Waals surface area contributed by atoms with Crippen LogP contribution in [0.5, 0.6) is 11.5 Å². The average Bonchev–Trinajstić information content (AvgIpc) is 2.50. The van der Waals surface area contributed by atoms with Crippen LogP contribution in [0.1, 0.15) is 38.2 Å². The van der Waals surface area contributed by atoms with Gasteiger partial charge in [0.1, 0.15) is 11.5 Å². The fourth-order valence-electron chi connectivity index (χ4n) is 2.59. The maximum atomic E-state index is 9.57. The molecule has 0 heterocycles. The van der Waals surface area contributed by atoms with Crippen molar-refractivity contribution in [1.82, 2.24) is 0 Å². The summed E-state index contributed by atoms with van der Waals surface area (Å²) in [5, 5.41) is 12.9. The molecule has 21 heavy (non-hydrogen) atoms. The van der Waals surface area contributed by atoms with Crippen LogP contribution in [0.2, 0.25) is 0 Å². The first-order valence-electron chi connectivity index (χ1n) is 7.69. The fourth-order valence-corrected chi connectivity index (χ4v) is 2.99. The van der Waals surface area contributed by atoms with E-state index in [0.717, 1.165) is 35.9 Å². The number of fused-ring (bicyclic) bond motifs is 1. The van der Waals surface area contributed by atoms with Gasteiger partial charge in [0.05, 0.1) is 6.61 Å². The summed E-state index contributed by atoms with van der Waals surface area (Å²) < 4.78 is 5.97. The molecular weight excluding hydrogens is 328 g/mol. The van der Waals surface area contributed by atoms with E-state index in [1.807, 2.05) is 18.2 Å². The topological polar surface area (TPSA) is 29.5 Å². The van der Waals surface area contributed by atoms with E-state index >= 15 is 0 Å². The molecule has 0 unspecified atom stereocenters. The number of phenols is 1. The Morgan fingerprint density at radius 1 is 1.05 bits per heavy atom. The van der Waals surface area contributed by atoms with Crippen molar-refractivity contribution in [2.75, 3.05) is 11.9 Å². The number of hydrogen-bond donors (Lipinski definition) is 1. The van der Waals surface area contributed by atoms with Crippen molar-refractivity contribution in [3.63, 3.8) is 0 Å². The highest BCUT2D eigenvalue weighted by molar-refractivity contribution is 9.09. The van der Waals surface area contributed by atoms with Crippen LogP contribution in [0.25, 0.3) is 10.8 Å². The highest BCUT2D eigenvalue weighted by Crippen LogP contribution is 2.30. The molecule has 0 aliphatic heterocycles. The van der Waals surface area contributed by atoms with Crippen LogP contribution in [0.15, 0.2) is 30.3 Å². The van der Waals surface area contributed by atoms with Gasteiger partial charge in [-0.25, -0.2) is 0 Å². The molecule has 3 heteroatoms. The summed E-state index contributed by atoms with van der Waals surface area (Å²) in [5.41, 5.74) is 1.23. The van der Waals surface area contributed by atoms with Crippen molar-refractivity contribution in [2.24, 2.45) is 0 Å². The van der Waals surface area contributed by atoms with E-state index in [-0.39, 0.29) is 0 Å². The molecule has 0 amide bonds. The molecule has 0 bridgehead atoms. The molecule has 1 N–H and O–H groups in total. The van der Waals surface area contributed by atoms with Gasteiger partial charge in [-0.15, -0.1) is 0 Å². The van der Waals surface area contributed by atoms with Gasteiger partial charge in [-0.05, 0) is 48.2 Å². The molecule has 0 aromatic heterocycles. The largest absolute Gasteiger partial charge is 0.508 e. The van der Waals surface area contributed by atoms with Crippen molar-refractivity contribution in [1.29, 1.82) is 0 Å². The molecule has 0 aliphatic rings. The minimum absolute atomic E-state index is 0.310. The Kier molecular flexibility index (Phi) is 6.37. The molecule has 2 rings (SSSR count). The van der Waals surface area contributed by atoms with Gasteiger partial charge in [0, 0.05) is 10.9 Å². The van der Waals surface area contributed by atoms with Gasteiger partial charge in [-0.2, -0.15) is 0 Å². The lowest BCUT2D eigenvalue weighted by Gasteiger charge is -2.13. The highest BCUT2D eigenvalue weighted by atomic mass is 79.9. The van der Waals surface area contributed by atoms with E-state index in [9.17, 15) is 5.11 Å². The minimum atomic E-state index is 0.310. The first-order chi connectivity index (χ1) is 10.3. The Balaban J connectivity index is 2.04. The zero-order valence-corrected chi connectivity index (χ0v) is 14.2. The van der Waals surface area contributed by atoms with E-state index in [4.69, 9.17) is 4.74 Å². The summed E-state index contributed by atoms with van der Waals surface area (Å²) in [6.45, 7) is 2.92. The van der Waals surface area contributed by atoms with Gasteiger partial charge >= 0.3 is 0 Å². The van der Waals surface area contributed by atoms with Crippen molar-refractivity contribution in [3.05, 3.63) is 35.9 Å². The number of phenolic OH excluding ortho intramolecular Hbond substituents is 1. The molecule has 0 saturated heterocycles. The van der Waals surface area contributed by atoms with Crippen LogP contribution >= 0.6 is 15.9 Å². The zero-order chi connectivity index (χ0) is 15.1. The number of benzene rings is 2. The molecule has 0 aliphatic carbocycles. The Labute approximate surface area is 135 Å². The number of ether oxygens (including phenoxy) is 1. The monoisotopic (exact) mass is 350 g/mol. The Hall–Kier alpha value is -1.22. The fraction of sp³-hybridized carbons (Fsp3) is 0.444. The molecule has 2 nitrogen and oxygen atoms in total. The SMILES string of the molecule is CCc1c(OCCCCCCBr)ccc2cc(O)ccc12. The van der Waals surface area contributed by atoms with E-state index in [1.165, 1.54) is 30.2 Å². The lowest BCUT2D eigenvalue weighted by molar-refractivity contribution is 0.303. The first-order valence-corrected chi connectivity index (χ1v) is 8.81. The number of rotatable bonds is 8. The summed E-state index contributed by atoms with van der Waals surface area (Å²) in [5.74, 6) is 1.29. The zero-order valence-electron chi connectivity index (χ0n) is 12.6. The maximum absolute atomic E-state index is 9.57. The third kappa shape index (κ3) is 4.37. The molecule has 2 aromatic carbocycles. The van der Waals surface area contributed by atoms with E-state index < -0.39 is 0 Å². The van der Waals surface area contributed by atoms with Crippen LogP contribution in [-0.4, -0.2) is 17.0 Å². The second kappa shape index (κ2) is 8.28. The van der Waals surface area contributed by atoms with Crippen molar-refractivity contribution in [3.8, 4) is 11.5 Å². The highest BCUT2D eigenvalue weighted by Gasteiger charge is 2.07. The summed E-state index contributed by atoms with van der Waals surface area (Å²) in [6, 6.07) is 9.57. The van der Waals surface area contributed by atoms with Gasteiger partial charge in [0.25, 0.3) is 0 Å². The van der Waals surface area contributed by atoms with E-state index in [1.54, 1.807) is 12.1 Å². The van der Waals surface area contributed by atoms with Crippen LogP contribution < -0.4 is 4.74 Å². The van der Waals surface area contributed by atoms with E-state index in [0.29, 0.717) is 5.75 Å². The molecule has 0 radical (unpaired) electrons. The van der Waals surface area contributed by atoms with E-state index in [2.05, 4.69) is 22.9 Å². The number of aromatic hydroxyl groups is 1. The minimum Gasteiger partial charge on any atom is -0.508 e. The standard InChI is InChI=1S/C18H23BrO2/c1-2-16-17-9-8-15(20)13-14(17)7-10-18(16)21-12-6-4-3-5-11-19/h7-10,13,20H,2-6,11-12H2,1H3. The predicted molar refractivity (Wildman–Crippen MR) is 92.7 cm³/mol. The number of alkyl halides is 1. The maximum Gasteiger partial charge on any atom is 0.123 e. The number of hydrogen-bond acceptors (Lipinski definition) is 2. The molecular formula is C18H23BrO2. The van der Waals surface area contributed by atoms with Gasteiger partial charge in [-0.1, -0.05) is 47.8 Å². The van der Waals surface area contributed by atoms with Gasteiger partial charge < -0.3 is 9.84 Å². The third-order valence-electron chi connectivity index (χ3n) is 3.71. The van der Waals surface area contributed by atoms with Crippen LogP contribution in [0.3, 0.4) is 0 Å². The molecule has 2 aromatic rings. The molecule has 0 atom stereocenters. The second-order valence-electron chi connectivity index (χ2n) is 5.25. The predicted octanol–water partition coefficient (Wildman–Crippen LogP) is 5.44. The summed E-state index contributed by atoms with van der Waals surface area (Å²) in [6.07, 6.45) is 5.74. The molecule has 0 fully saturated rings. The molecule has 0 saturated carbocycles. The lowest BCUT2D eigenvalue weighted by Crippen LogP contribution is -2.00. The Morgan fingerprint density at radius 3 is 2.62 bits per heavy atom. The summed E-state index contributed by atoms with van der Waals surface area (Å²) in [7, 11) is 0. The third-order valence-corrected chi connectivity index (χ3v) is 4.27. The van der Waals surface area contributed by atoms with Crippen molar-refractivity contribution >= 4 is 26.7 Å². The number of unbranched alkanes of at least 4 members (excludes halogenated alkanes) is 3. The van der Waals surface area contributed by atoms with Crippen molar-refractivity contribution < 1.29 is 9.84 Å².